The number of aliphatic hydroxyl groups excluding tert-OH is 1. The molecule has 1 aromatic heterocycles. The van der Waals surface area contributed by atoms with Gasteiger partial charge in [-0.2, -0.15) is 0 Å². The number of rotatable bonds is 11. The number of aliphatic hydroxyl groups is 1. The molecule has 1 spiro atoms. The van der Waals surface area contributed by atoms with E-state index >= 15 is 14.4 Å². The Labute approximate surface area is 349 Å². The quantitative estimate of drug-likeness (QED) is 0.105. The molecule has 13 nitrogen and oxygen atoms in total. The Morgan fingerprint density at radius 2 is 1.50 bits per heavy atom. The van der Waals surface area contributed by atoms with Crippen molar-refractivity contribution in [1.82, 2.24) is 9.88 Å². The van der Waals surface area contributed by atoms with Crippen LogP contribution in [0.3, 0.4) is 0 Å². The first kappa shape index (κ1) is 39.0. The number of esters is 1. The first-order valence-corrected chi connectivity index (χ1v) is 20.4. The van der Waals surface area contributed by atoms with Gasteiger partial charge in [0.1, 0.15) is 36.5 Å². The largest absolute Gasteiger partial charge is 0.491 e. The molecule has 2 N–H and O–H groups in total. The highest BCUT2D eigenvalue weighted by atomic mass is 32.1. The molecular formula is C46H40N4O9S. The number of anilines is 2. The number of hydrogen-bond acceptors (Lipinski definition) is 12. The van der Waals surface area contributed by atoms with Crippen LogP contribution in [0.2, 0.25) is 0 Å². The van der Waals surface area contributed by atoms with Crippen LogP contribution in [0.5, 0.6) is 5.75 Å². The van der Waals surface area contributed by atoms with Gasteiger partial charge in [-0.25, -0.2) is 14.7 Å². The van der Waals surface area contributed by atoms with E-state index in [1.807, 2.05) is 89.8 Å². The first-order chi connectivity index (χ1) is 29.4. The molecule has 3 amide bonds. The summed E-state index contributed by atoms with van der Waals surface area (Å²) >= 11 is 1.25. The van der Waals surface area contributed by atoms with Crippen LogP contribution in [0.1, 0.15) is 40.4 Å². The van der Waals surface area contributed by atoms with Crippen LogP contribution in [0.4, 0.5) is 15.6 Å². The summed E-state index contributed by atoms with van der Waals surface area (Å²) in [6.07, 6.45) is -1.88. The number of para-hydroxylation sites is 3. The maximum atomic E-state index is 16.1. The number of cyclic esters (lactones) is 1. The highest BCUT2D eigenvalue weighted by molar-refractivity contribution is 7.22. The second kappa shape index (κ2) is 16.3. The van der Waals surface area contributed by atoms with Crippen molar-refractivity contribution < 1.29 is 43.2 Å². The third-order valence-electron chi connectivity index (χ3n) is 11.4. The minimum absolute atomic E-state index is 0.0767. The van der Waals surface area contributed by atoms with Crippen molar-refractivity contribution in [2.24, 2.45) is 5.92 Å². The van der Waals surface area contributed by atoms with Crippen molar-refractivity contribution in [3.05, 3.63) is 156 Å². The summed E-state index contributed by atoms with van der Waals surface area (Å²) in [4.78, 5) is 68.6. The smallest absolute Gasteiger partial charge is 0.421 e. The van der Waals surface area contributed by atoms with Gasteiger partial charge in [-0.1, -0.05) is 121 Å². The molecular weight excluding hydrogens is 785 g/mol. The predicted octanol–water partition coefficient (Wildman–Crippen LogP) is 6.75. The fraction of sp³-hybridized carbons (Fsp3) is 0.239. The van der Waals surface area contributed by atoms with Crippen LogP contribution < -0.4 is 15.0 Å². The molecule has 2 saturated heterocycles. The fourth-order valence-electron chi connectivity index (χ4n) is 9.19. The number of carbonyl (C=O) groups is 4. The number of thiazole rings is 1. The number of fused-ring (bicyclic) bond motifs is 4. The summed E-state index contributed by atoms with van der Waals surface area (Å²) in [5.41, 5.74) is 1.08. The summed E-state index contributed by atoms with van der Waals surface area (Å²) in [5, 5.41) is 13.2. The van der Waals surface area contributed by atoms with Gasteiger partial charge in [0.05, 0.1) is 47.1 Å². The van der Waals surface area contributed by atoms with Gasteiger partial charge in [0.25, 0.3) is 0 Å². The van der Waals surface area contributed by atoms with Crippen molar-refractivity contribution >= 4 is 56.2 Å². The third-order valence-corrected chi connectivity index (χ3v) is 12.4. The maximum absolute atomic E-state index is 16.1. The Bertz CT molecular complexity index is 2540. The van der Waals surface area contributed by atoms with E-state index in [1.54, 1.807) is 48.5 Å². The number of amides is 3. The van der Waals surface area contributed by atoms with E-state index in [1.165, 1.54) is 18.4 Å². The molecule has 0 bridgehead atoms. The van der Waals surface area contributed by atoms with Gasteiger partial charge in [0.15, 0.2) is 5.13 Å². The van der Waals surface area contributed by atoms with Gasteiger partial charge in [-0.15, -0.1) is 0 Å². The van der Waals surface area contributed by atoms with E-state index < -0.39 is 59.4 Å². The average molecular weight is 825 g/mol. The summed E-state index contributed by atoms with van der Waals surface area (Å²) in [5.74, 6) is -3.40. The molecule has 5 aromatic carbocycles. The molecule has 2 fully saturated rings. The molecule has 3 aliphatic rings. The van der Waals surface area contributed by atoms with Crippen molar-refractivity contribution in [2.45, 2.75) is 29.6 Å². The van der Waals surface area contributed by atoms with Crippen molar-refractivity contribution in [2.75, 3.05) is 43.8 Å². The zero-order valence-corrected chi connectivity index (χ0v) is 33.2. The Hall–Kier alpha value is -6.45. The van der Waals surface area contributed by atoms with E-state index in [0.29, 0.717) is 28.0 Å². The molecule has 6 atom stereocenters. The Morgan fingerprint density at radius 3 is 2.25 bits per heavy atom. The number of ether oxygens (including phenoxy) is 4. The highest BCUT2D eigenvalue weighted by Gasteiger charge is 2.76. The lowest BCUT2D eigenvalue weighted by Gasteiger charge is -2.46. The Kier molecular flexibility index (Phi) is 10.6. The van der Waals surface area contributed by atoms with E-state index in [0.717, 1.165) is 15.2 Å². The summed E-state index contributed by atoms with van der Waals surface area (Å²) < 4.78 is 24.3. The number of morpholine rings is 1. The van der Waals surface area contributed by atoms with Gasteiger partial charge in [-0.3, -0.25) is 19.3 Å². The maximum Gasteiger partial charge on any atom is 0.421 e. The number of nitrogens with one attached hydrogen (secondary N) is 1. The number of benzene rings is 5. The Balaban J connectivity index is 1.34. The molecule has 304 valence electrons. The number of hydrogen-bond donors (Lipinski definition) is 2. The number of carbonyl (C=O) groups excluding carboxylic acids is 4. The van der Waals surface area contributed by atoms with Crippen molar-refractivity contribution in [3.63, 3.8) is 0 Å². The predicted molar refractivity (Wildman–Crippen MR) is 222 cm³/mol. The van der Waals surface area contributed by atoms with Crippen LogP contribution >= 0.6 is 11.3 Å². The van der Waals surface area contributed by atoms with Crippen LogP contribution in [0, 0.1) is 5.92 Å². The standard InChI is InChI=1S/C46H40N4O9S/c1-56-26-27-58-45(55)49-33-21-11-9-19-31(33)46(43(49)54)36(41(52)48-44-47-32-20-10-13-23-35(32)60-44)38-42(53)59-39(29-16-6-3-7-17-29)37(28-14-4-2-5-15-28)50(38)40(46)30-18-8-12-22-34(30)57-25-24-51/h2-23,36-40,51H,24-27H2,1H3,(H,47,48,52)/t36-,37-,38-,39+,40+,46-/m1/s1. The van der Waals surface area contributed by atoms with Gasteiger partial charge in [-0.05, 0) is 41.0 Å². The Morgan fingerprint density at radius 1 is 0.817 bits per heavy atom. The molecule has 9 rings (SSSR count). The monoisotopic (exact) mass is 824 g/mol. The van der Waals surface area contributed by atoms with E-state index in [-0.39, 0.29) is 37.2 Å². The number of imide groups is 1. The number of aromatic nitrogens is 1. The molecule has 60 heavy (non-hydrogen) atoms. The van der Waals surface area contributed by atoms with Gasteiger partial charge >= 0.3 is 12.1 Å². The zero-order chi connectivity index (χ0) is 41.4. The summed E-state index contributed by atoms with van der Waals surface area (Å²) in [6, 6.07) is 36.7. The molecule has 0 radical (unpaired) electrons. The number of methoxy groups -OCH3 is 1. The van der Waals surface area contributed by atoms with E-state index in [9.17, 15) is 9.90 Å². The molecule has 0 aliphatic carbocycles. The highest BCUT2D eigenvalue weighted by Crippen LogP contribution is 2.66. The van der Waals surface area contributed by atoms with Crippen molar-refractivity contribution in [3.8, 4) is 5.75 Å². The second-order valence-electron chi connectivity index (χ2n) is 14.6. The SMILES string of the molecule is COCCOC(=O)N1C(=O)[C@@]2(c3ccccc31)[C@H](c1ccccc1OCCO)N1[C@H](c3ccccc3)[C@H](c3ccccc3)OC(=O)[C@H]1[C@@H]2C(=O)Nc1nc2ccccc2s1. The second-order valence-corrected chi connectivity index (χ2v) is 15.6. The third kappa shape index (κ3) is 6.39. The van der Waals surface area contributed by atoms with Gasteiger partial charge < -0.3 is 29.4 Å². The minimum Gasteiger partial charge on any atom is -0.491 e. The lowest BCUT2D eigenvalue weighted by Crippen LogP contribution is -2.54. The van der Waals surface area contributed by atoms with E-state index in [4.69, 9.17) is 18.9 Å². The lowest BCUT2D eigenvalue weighted by molar-refractivity contribution is -0.177. The zero-order valence-electron chi connectivity index (χ0n) is 32.4. The summed E-state index contributed by atoms with van der Waals surface area (Å²) in [7, 11) is 1.47. The molecule has 0 saturated carbocycles. The number of nitrogens with zero attached hydrogens (tertiary/aromatic N) is 3. The molecule has 4 heterocycles. The average Bonchev–Trinajstić information content (AvgIpc) is 3.92. The van der Waals surface area contributed by atoms with Gasteiger partial charge in [0.2, 0.25) is 11.8 Å². The van der Waals surface area contributed by atoms with Crippen molar-refractivity contribution in [1.29, 1.82) is 0 Å². The van der Waals surface area contributed by atoms with Crippen LogP contribution in [0.25, 0.3) is 10.2 Å². The van der Waals surface area contributed by atoms with Crippen LogP contribution in [0.15, 0.2) is 133 Å². The topological polar surface area (TPSA) is 157 Å². The molecule has 3 aliphatic heterocycles. The first-order valence-electron chi connectivity index (χ1n) is 19.5. The van der Waals surface area contributed by atoms with Crippen LogP contribution in [-0.2, 0) is 34.0 Å². The van der Waals surface area contributed by atoms with E-state index in [2.05, 4.69) is 10.3 Å². The summed E-state index contributed by atoms with van der Waals surface area (Å²) in [6.45, 7) is -0.456. The fourth-order valence-corrected chi connectivity index (χ4v) is 10.1. The lowest BCUT2D eigenvalue weighted by atomic mass is 9.65. The van der Waals surface area contributed by atoms with Crippen LogP contribution in [-0.4, -0.2) is 78.4 Å². The van der Waals surface area contributed by atoms with Gasteiger partial charge in [0, 0.05) is 12.7 Å². The molecule has 14 heteroatoms. The minimum atomic E-state index is -2.00. The normalized spacial score (nSPS) is 23.3. The molecule has 6 aromatic rings. The molecule has 0 unspecified atom stereocenters.